The lowest BCUT2D eigenvalue weighted by Gasteiger charge is -2.11. The molecule has 0 spiro atoms. The number of carbonyl (C=O) groups is 2. The van der Waals surface area contributed by atoms with E-state index in [0.29, 0.717) is 6.41 Å². The van der Waals surface area contributed by atoms with Gasteiger partial charge < -0.3 is 14.4 Å². The summed E-state index contributed by atoms with van der Waals surface area (Å²) in [7, 11) is 1.28. The molecule has 1 saturated heterocycles. The Morgan fingerprint density at radius 3 is 2.67 bits per heavy atom. The van der Waals surface area contributed by atoms with E-state index in [1.807, 2.05) is 6.92 Å². The van der Waals surface area contributed by atoms with E-state index in [9.17, 15) is 9.59 Å². The van der Waals surface area contributed by atoms with E-state index in [-0.39, 0.29) is 18.9 Å². The number of ether oxygens (including phenoxy) is 2. The van der Waals surface area contributed by atoms with Crippen LogP contribution in [0.15, 0.2) is 0 Å². The number of epoxide rings is 1. The molecule has 2 unspecified atom stereocenters. The average Bonchev–Trinajstić information content (AvgIpc) is 2.77. The van der Waals surface area contributed by atoms with Crippen molar-refractivity contribution in [1.29, 1.82) is 0 Å². The SMILES string of the molecule is COC(=O)CN(C=O)C1OC1C. The van der Waals surface area contributed by atoms with Crippen molar-refractivity contribution in [3.8, 4) is 0 Å². The maximum atomic E-state index is 10.7. The first-order valence-corrected chi connectivity index (χ1v) is 3.62. The Balaban J connectivity index is 2.36. The second-order valence-electron chi connectivity index (χ2n) is 2.59. The molecule has 1 rings (SSSR count). The lowest BCUT2D eigenvalue weighted by molar-refractivity contribution is -0.145. The lowest BCUT2D eigenvalue weighted by atomic mass is 10.4. The summed E-state index contributed by atoms with van der Waals surface area (Å²) in [4.78, 5) is 22.4. The van der Waals surface area contributed by atoms with Gasteiger partial charge in [0, 0.05) is 0 Å². The largest absolute Gasteiger partial charge is 0.468 e. The fraction of sp³-hybridized carbons (Fsp3) is 0.714. The first-order chi connectivity index (χ1) is 5.69. The molecule has 0 bridgehead atoms. The second kappa shape index (κ2) is 3.53. The van der Waals surface area contributed by atoms with Crippen molar-refractivity contribution in [1.82, 2.24) is 4.90 Å². The second-order valence-corrected chi connectivity index (χ2v) is 2.59. The highest BCUT2D eigenvalue weighted by molar-refractivity contribution is 5.74. The van der Waals surface area contributed by atoms with Gasteiger partial charge in [-0.1, -0.05) is 0 Å². The predicted octanol–water partition coefficient (Wildman–Crippen LogP) is -0.637. The van der Waals surface area contributed by atoms with Crippen LogP contribution >= 0.6 is 0 Å². The third-order valence-corrected chi connectivity index (χ3v) is 1.68. The Morgan fingerprint density at radius 2 is 2.33 bits per heavy atom. The molecule has 1 heterocycles. The maximum absolute atomic E-state index is 10.7. The van der Waals surface area contributed by atoms with Crippen molar-refractivity contribution in [2.24, 2.45) is 0 Å². The zero-order valence-electron chi connectivity index (χ0n) is 7.02. The molecule has 5 nitrogen and oxygen atoms in total. The molecular formula is C7H11NO4. The van der Waals surface area contributed by atoms with Gasteiger partial charge in [0.05, 0.1) is 7.11 Å². The highest BCUT2D eigenvalue weighted by Crippen LogP contribution is 2.23. The van der Waals surface area contributed by atoms with Crippen molar-refractivity contribution in [2.45, 2.75) is 19.3 Å². The third-order valence-electron chi connectivity index (χ3n) is 1.68. The molecule has 0 aromatic rings. The molecular weight excluding hydrogens is 162 g/mol. The minimum atomic E-state index is -0.440. The average molecular weight is 173 g/mol. The van der Waals surface area contributed by atoms with Gasteiger partial charge in [-0.3, -0.25) is 9.59 Å². The number of carbonyl (C=O) groups excluding carboxylic acids is 2. The number of rotatable bonds is 4. The lowest BCUT2D eigenvalue weighted by Crippen LogP contribution is -2.32. The van der Waals surface area contributed by atoms with Gasteiger partial charge in [-0.2, -0.15) is 0 Å². The van der Waals surface area contributed by atoms with Gasteiger partial charge in [0.2, 0.25) is 6.41 Å². The fourth-order valence-electron chi connectivity index (χ4n) is 0.923. The van der Waals surface area contributed by atoms with E-state index in [1.165, 1.54) is 12.0 Å². The van der Waals surface area contributed by atoms with E-state index in [0.717, 1.165) is 0 Å². The molecule has 1 aliphatic rings. The van der Waals surface area contributed by atoms with Crippen LogP contribution in [0, 0.1) is 0 Å². The predicted molar refractivity (Wildman–Crippen MR) is 39.1 cm³/mol. The van der Waals surface area contributed by atoms with Crippen LogP contribution in [0.2, 0.25) is 0 Å². The topological polar surface area (TPSA) is 59.1 Å². The van der Waals surface area contributed by atoms with Crippen LogP contribution in [-0.2, 0) is 19.1 Å². The van der Waals surface area contributed by atoms with Crippen LogP contribution in [0.25, 0.3) is 0 Å². The Morgan fingerprint density at radius 1 is 1.75 bits per heavy atom. The molecule has 1 aliphatic heterocycles. The Bertz CT molecular complexity index is 194. The molecule has 0 aromatic carbocycles. The van der Waals surface area contributed by atoms with Crippen LogP contribution in [0.4, 0.5) is 0 Å². The monoisotopic (exact) mass is 173 g/mol. The normalized spacial score (nSPS) is 26.2. The summed E-state index contributed by atoms with van der Waals surface area (Å²) in [6.45, 7) is 1.79. The van der Waals surface area contributed by atoms with Crippen LogP contribution in [0.3, 0.4) is 0 Å². The van der Waals surface area contributed by atoms with Crippen LogP contribution in [-0.4, -0.2) is 43.3 Å². The quantitative estimate of drug-likeness (QED) is 0.322. The summed E-state index contributed by atoms with van der Waals surface area (Å²) in [6.07, 6.45) is 0.368. The highest BCUT2D eigenvalue weighted by atomic mass is 16.6. The summed E-state index contributed by atoms with van der Waals surface area (Å²) in [5, 5.41) is 0. The molecule has 0 saturated carbocycles. The first-order valence-electron chi connectivity index (χ1n) is 3.62. The fourth-order valence-corrected chi connectivity index (χ4v) is 0.923. The first kappa shape index (κ1) is 8.99. The van der Waals surface area contributed by atoms with Gasteiger partial charge in [0.15, 0.2) is 6.23 Å². The number of nitrogens with zero attached hydrogens (tertiary/aromatic N) is 1. The van der Waals surface area contributed by atoms with Gasteiger partial charge in [0.25, 0.3) is 0 Å². The van der Waals surface area contributed by atoms with Crippen molar-refractivity contribution in [3.63, 3.8) is 0 Å². The molecule has 0 N–H and O–H groups in total. The van der Waals surface area contributed by atoms with Crippen molar-refractivity contribution in [3.05, 3.63) is 0 Å². The molecule has 0 aliphatic carbocycles. The molecule has 2 atom stereocenters. The summed E-state index contributed by atoms with van der Waals surface area (Å²) in [5.74, 6) is -0.440. The standard InChI is InChI=1S/C7H11NO4/c1-5-7(12-5)8(4-9)3-6(10)11-2/h4-5,7H,3H2,1-2H3. The van der Waals surface area contributed by atoms with E-state index < -0.39 is 5.97 Å². The van der Waals surface area contributed by atoms with Crippen molar-refractivity contribution < 1.29 is 19.1 Å². The molecule has 1 amide bonds. The van der Waals surface area contributed by atoms with Gasteiger partial charge in [-0.25, -0.2) is 0 Å². The molecule has 12 heavy (non-hydrogen) atoms. The van der Waals surface area contributed by atoms with E-state index >= 15 is 0 Å². The number of amides is 1. The van der Waals surface area contributed by atoms with Gasteiger partial charge in [0.1, 0.15) is 12.6 Å². The molecule has 0 radical (unpaired) electrons. The van der Waals surface area contributed by atoms with E-state index in [2.05, 4.69) is 4.74 Å². The summed E-state index contributed by atoms with van der Waals surface area (Å²) in [6, 6.07) is 0. The van der Waals surface area contributed by atoms with Gasteiger partial charge in [-0.15, -0.1) is 0 Å². The summed E-state index contributed by atoms with van der Waals surface area (Å²) >= 11 is 0. The van der Waals surface area contributed by atoms with Gasteiger partial charge in [-0.05, 0) is 6.92 Å². The molecule has 5 heteroatoms. The van der Waals surface area contributed by atoms with E-state index in [4.69, 9.17) is 4.74 Å². The Labute approximate surface area is 70.2 Å². The summed E-state index contributed by atoms with van der Waals surface area (Å²) in [5.41, 5.74) is 0. The van der Waals surface area contributed by atoms with Gasteiger partial charge >= 0.3 is 5.97 Å². The van der Waals surface area contributed by atoms with Crippen molar-refractivity contribution >= 4 is 12.4 Å². The minimum Gasteiger partial charge on any atom is -0.468 e. The number of hydrogen-bond acceptors (Lipinski definition) is 4. The molecule has 68 valence electrons. The van der Waals surface area contributed by atoms with Crippen LogP contribution in [0.1, 0.15) is 6.92 Å². The van der Waals surface area contributed by atoms with Crippen LogP contribution < -0.4 is 0 Å². The van der Waals surface area contributed by atoms with Crippen molar-refractivity contribution in [2.75, 3.05) is 13.7 Å². The van der Waals surface area contributed by atoms with Crippen LogP contribution in [0.5, 0.6) is 0 Å². The minimum absolute atomic E-state index is 0.0276. The zero-order valence-corrected chi connectivity index (χ0v) is 7.02. The Kier molecular flexibility index (Phi) is 2.65. The number of methoxy groups -OCH3 is 1. The third kappa shape index (κ3) is 1.94. The smallest absolute Gasteiger partial charge is 0.325 e. The summed E-state index contributed by atoms with van der Waals surface area (Å²) < 4.78 is 9.40. The number of esters is 1. The van der Waals surface area contributed by atoms with E-state index in [1.54, 1.807) is 0 Å². The molecule has 0 aromatic heterocycles. The highest BCUT2D eigenvalue weighted by Gasteiger charge is 2.40. The maximum Gasteiger partial charge on any atom is 0.325 e. The number of hydrogen-bond donors (Lipinski definition) is 0. The zero-order chi connectivity index (χ0) is 9.14. The Hall–Kier alpha value is -1.10. The molecule has 1 fully saturated rings.